The lowest BCUT2D eigenvalue weighted by Gasteiger charge is -2.35. The van der Waals surface area contributed by atoms with Crippen molar-refractivity contribution in [1.29, 1.82) is 0 Å². The van der Waals surface area contributed by atoms with Gasteiger partial charge in [0.1, 0.15) is 11.3 Å². The van der Waals surface area contributed by atoms with Crippen LogP contribution < -0.4 is 4.74 Å². The molecule has 21 heavy (non-hydrogen) atoms. The summed E-state index contributed by atoms with van der Waals surface area (Å²) < 4.78 is 16.4. The predicted octanol–water partition coefficient (Wildman–Crippen LogP) is 2.69. The van der Waals surface area contributed by atoms with Crippen LogP contribution in [0.1, 0.15) is 24.2 Å². The Morgan fingerprint density at radius 1 is 1.29 bits per heavy atom. The van der Waals surface area contributed by atoms with Crippen LogP contribution in [0.4, 0.5) is 0 Å². The van der Waals surface area contributed by atoms with E-state index in [-0.39, 0.29) is 18.1 Å². The molecule has 2 heterocycles. The normalized spacial score (nSPS) is 22.5. The van der Waals surface area contributed by atoms with Crippen LogP contribution in [-0.4, -0.2) is 43.2 Å². The zero-order chi connectivity index (χ0) is 15.0. The fraction of sp³-hybridized carbons (Fsp3) is 0.438. The molecule has 0 radical (unpaired) electrons. The molecule has 0 N–H and O–H groups in total. The van der Waals surface area contributed by atoms with E-state index in [4.69, 9.17) is 13.9 Å². The van der Waals surface area contributed by atoms with Gasteiger partial charge < -0.3 is 18.8 Å². The summed E-state index contributed by atoms with van der Waals surface area (Å²) in [6.07, 6.45) is 1.69. The van der Waals surface area contributed by atoms with E-state index in [1.807, 2.05) is 24.8 Å². The molecule has 0 unspecified atom stereocenters. The molecule has 1 aliphatic heterocycles. The molecule has 0 spiro atoms. The molecule has 1 aliphatic rings. The lowest BCUT2D eigenvalue weighted by Crippen LogP contribution is -2.48. The molecule has 2 atom stereocenters. The Kier molecular flexibility index (Phi) is 3.59. The van der Waals surface area contributed by atoms with Crippen molar-refractivity contribution in [2.75, 3.05) is 20.2 Å². The number of carbonyl (C=O) groups is 1. The molecule has 0 saturated carbocycles. The minimum atomic E-state index is -0.0198. The Morgan fingerprint density at radius 3 is 2.67 bits per heavy atom. The molecular weight excluding hydrogens is 270 g/mol. The molecule has 3 rings (SSSR count). The lowest BCUT2D eigenvalue weighted by atomic mass is 10.1. The van der Waals surface area contributed by atoms with Gasteiger partial charge in [0.2, 0.25) is 0 Å². The average molecular weight is 289 g/mol. The first-order valence-electron chi connectivity index (χ1n) is 7.08. The van der Waals surface area contributed by atoms with Crippen LogP contribution in [0, 0.1) is 0 Å². The van der Waals surface area contributed by atoms with Gasteiger partial charge in [-0.2, -0.15) is 0 Å². The third kappa shape index (κ3) is 2.61. The van der Waals surface area contributed by atoms with Crippen molar-refractivity contribution in [3.63, 3.8) is 0 Å². The van der Waals surface area contributed by atoms with Gasteiger partial charge in [-0.15, -0.1) is 0 Å². The van der Waals surface area contributed by atoms with Gasteiger partial charge in [-0.05, 0) is 32.0 Å². The first-order valence-corrected chi connectivity index (χ1v) is 7.08. The number of amides is 1. The number of furan rings is 1. The summed E-state index contributed by atoms with van der Waals surface area (Å²) in [4.78, 5) is 14.5. The molecule has 1 aromatic carbocycles. The standard InChI is InChI=1S/C16H19NO4/c1-10-8-17(9-11(2)21-10)16(18)12-6-14(19-3)13-4-5-20-15(13)7-12/h4-7,10-11H,8-9H2,1-3H3/t10-,11+. The highest BCUT2D eigenvalue weighted by Gasteiger charge is 2.27. The number of methoxy groups -OCH3 is 1. The third-order valence-corrected chi connectivity index (χ3v) is 3.71. The van der Waals surface area contributed by atoms with Gasteiger partial charge in [-0.1, -0.05) is 0 Å². The van der Waals surface area contributed by atoms with Crippen LogP contribution in [0.5, 0.6) is 5.75 Å². The first kappa shape index (κ1) is 13.9. The van der Waals surface area contributed by atoms with Crippen LogP contribution in [-0.2, 0) is 4.74 Å². The lowest BCUT2D eigenvalue weighted by molar-refractivity contribution is -0.0586. The molecule has 112 valence electrons. The molecule has 5 nitrogen and oxygen atoms in total. The molecule has 1 aromatic heterocycles. The SMILES string of the molecule is COc1cc(C(=O)N2C[C@@H](C)O[C@@H](C)C2)cc2occc12. The fourth-order valence-corrected chi connectivity index (χ4v) is 2.86. The highest BCUT2D eigenvalue weighted by molar-refractivity contribution is 5.99. The molecule has 2 aromatic rings. The largest absolute Gasteiger partial charge is 0.496 e. The average Bonchev–Trinajstić information content (AvgIpc) is 2.92. The number of fused-ring (bicyclic) bond motifs is 1. The quantitative estimate of drug-likeness (QED) is 0.853. The summed E-state index contributed by atoms with van der Waals surface area (Å²) in [6.45, 7) is 5.15. The van der Waals surface area contributed by atoms with Crippen molar-refractivity contribution in [2.45, 2.75) is 26.1 Å². The summed E-state index contributed by atoms with van der Waals surface area (Å²) in [5.41, 5.74) is 1.24. The second kappa shape index (κ2) is 5.41. The highest BCUT2D eigenvalue weighted by atomic mass is 16.5. The number of nitrogens with zero attached hydrogens (tertiary/aromatic N) is 1. The van der Waals surface area contributed by atoms with Crippen molar-refractivity contribution < 1.29 is 18.7 Å². The number of ether oxygens (including phenoxy) is 2. The van der Waals surface area contributed by atoms with Crippen molar-refractivity contribution in [3.05, 3.63) is 30.0 Å². The number of hydrogen-bond acceptors (Lipinski definition) is 4. The monoisotopic (exact) mass is 289 g/mol. The Hall–Kier alpha value is -2.01. The Balaban J connectivity index is 1.93. The van der Waals surface area contributed by atoms with E-state index in [1.54, 1.807) is 25.5 Å². The molecule has 1 fully saturated rings. The van der Waals surface area contributed by atoms with Crippen LogP contribution in [0.25, 0.3) is 11.0 Å². The number of carbonyl (C=O) groups excluding carboxylic acids is 1. The van der Waals surface area contributed by atoms with Gasteiger partial charge in [0, 0.05) is 18.7 Å². The van der Waals surface area contributed by atoms with Crippen LogP contribution in [0.15, 0.2) is 28.9 Å². The minimum absolute atomic E-state index is 0.0198. The van der Waals surface area contributed by atoms with Gasteiger partial charge >= 0.3 is 0 Å². The van der Waals surface area contributed by atoms with E-state index in [2.05, 4.69) is 0 Å². The maximum atomic E-state index is 12.7. The van der Waals surface area contributed by atoms with E-state index in [0.717, 1.165) is 5.39 Å². The van der Waals surface area contributed by atoms with Gasteiger partial charge in [0.25, 0.3) is 5.91 Å². The van der Waals surface area contributed by atoms with E-state index in [0.29, 0.717) is 30.0 Å². The van der Waals surface area contributed by atoms with E-state index in [9.17, 15) is 4.79 Å². The van der Waals surface area contributed by atoms with Crippen LogP contribution >= 0.6 is 0 Å². The number of benzene rings is 1. The predicted molar refractivity (Wildman–Crippen MR) is 78.7 cm³/mol. The van der Waals surface area contributed by atoms with Crippen molar-refractivity contribution in [1.82, 2.24) is 4.90 Å². The molecule has 0 bridgehead atoms. The molecular formula is C16H19NO4. The minimum Gasteiger partial charge on any atom is -0.496 e. The fourth-order valence-electron chi connectivity index (χ4n) is 2.86. The highest BCUT2D eigenvalue weighted by Crippen LogP contribution is 2.29. The van der Waals surface area contributed by atoms with Crippen LogP contribution in [0.3, 0.4) is 0 Å². The summed E-state index contributed by atoms with van der Waals surface area (Å²) in [6, 6.07) is 5.37. The van der Waals surface area contributed by atoms with Gasteiger partial charge in [0.05, 0.1) is 31.0 Å². The maximum absolute atomic E-state index is 12.7. The molecule has 0 aliphatic carbocycles. The van der Waals surface area contributed by atoms with Crippen molar-refractivity contribution in [2.24, 2.45) is 0 Å². The van der Waals surface area contributed by atoms with Crippen molar-refractivity contribution in [3.8, 4) is 5.75 Å². The Bertz CT molecular complexity index is 653. The van der Waals surface area contributed by atoms with Crippen LogP contribution in [0.2, 0.25) is 0 Å². The summed E-state index contributed by atoms with van der Waals surface area (Å²) in [5, 5.41) is 0.873. The molecule has 1 saturated heterocycles. The van der Waals surface area contributed by atoms with E-state index < -0.39 is 0 Å². The number of morpholine rings is 1. The maximum Gasteiger partial charge on any atom is 0.254 e. The van der Waals surface area contributed by atoms with Gasteiger partial charge in [-0.25, -0.2) is 0 Å². The molecule has 5 heteroatoms. The Labute approximate surface area is 123 Å². The summed E-state index contributed by atoms with van der Waals surface area (Å²) in [7, 11) is 1.59. The van der Waals surface area contributed by atoms with Gasteiger partial charge in [-0.3, -0.25) is 4.79 Å². The van der Waals surface area contributed by atoms with E-state index >= 15 is 0 Å². The first-order chi connectivity index (χ1) is 10.1. The van der Waals surface area contributed by atoms with E-state index in [1.165, 1.54) is 0 Å². The zero-order valence-electron chi connectivity index (χ0n) is 12.5. The zero-order valence-corrected chi connectivity index (χ0v) is 12.5. The third-order valence-electron chi connectivity index (χ3n) is 3.71. The Morgan fingerprint density at radius 2 is 2.00 bits per heavy atom. The second-order valence-electron chi connectivity index (χ2n) is 5.48. The summed E-state index contributed by atoms with van der Waals surface area (Å²) in [5.74, 6) is 0.632. The second-order valence-corrected chi connectivity index (χ2v) is 5.48. The number of hydrogen-bond donors (Lipinski definition) is 0. The number of rotatable bonds is 2. The summed E-state index contributed by atoms with van der Waals surface area (Å²) >= 11 is 0. The topological polar surface area (TPSA) is 51.9 Å². The van der Waals surface area contributed by atoms with Crippen molar-refractivity contribution >= 4 is 16.9 Å². The molecule has 1 amide bonds. The van der Waals surface area contributed by atoms with Gasteiger partial charge in [0.15, 0.2) is 0 Å². The smallest absolute Gasteiger partial charge is 0.254 e.